The number of nitrogens with zero attached hydrogens (tertiary/aromatic N) is 2. The van der Waals surface area contributed by atoms with Gasteiger partial charge in [-0.25, -0.2) is 9.37 Å². The minimum absolute atomic E-state index is 0.176. The molecule has 0 bridgehead atoms. The minimum atomic E-state index is -0.289. The second-order valence-electron chi connectivity index (χ2n) is 4.62. The van der Waals surface area contributed by atoms with Crippen LogP contribution in [0.1, 0.15) is 12.8 Å². The average molecular weight is 333 g/mol. The first-order chi connectivity index (χ1) is 9.15. The summed E-state index contributed by atoms with van der Waals surface area (Å²) in [4.78, 5) is 6.13. The van der Waals surface area contributed by atoms with Gasteiger partial charge in [-0.3, -0.25) is 0 Å². The number of hydrogen-bond acceptors (Lipinski definition) is 4. The maximum Gasteiger partial charge on any atom is 0.166 e. The maximum atomic E-state index is 13.8. The number of piperidine rings is 1. The van der Waals surface area contributed by atoms with Crippen LogP contribution in [0.4, 0.5) is 10.2 Å². The van der Waals surface area contributed by atoms with E-state index in [2.05, 4.69) is 20.9 Å². The number of aromatic nitrogens is 1. The van der Waals surface area contributed by atoms with Crippen molar-refractivity contribution in [3.63, 3.8) is 0 Å². The van der Waals surface area contributed by atoms with Gasteiger partial charge in [-0.1, -0.05) is 0 Å². The van der Waals surface area contributed by atoms with Gasteiger partial charge in [0, 0.05) is 43.9 Å². The molecule has 2 rings (SSSR count). The van der Waals surface area contributed by atoms with Gasteiger partial charge in [0.15, 0.2) is 17.9 Å². The molecule has 4 nitrogen and oxygen atoms in total. The summed E-state index contributed by atoms with van der Waals surface area (Å²) in [7, 11) is 3.30. The molecule has 0 radical (unpaired) electrons. The molecule has 1 aliphatic heterocycles. The van der Waals surface area contributed by atoms with Crippen molar-refractivity contribution in [2.45, 2.75) is 19.1 Å². The number of pyridine rings is 1. The maximum absolute atomic E-state index is 13.8. The summed E-state index contributed by atoms with van der Waals surface area (Å²) in [5.41, 5.74) is 0. The first-order valence-electron chi connectivity index (χ1n) is 6.27. The molecule has 106 valence electrons. The van der Waals surface area contributed by atoms with Gasteiger partial charge >= 0.3 is 0 Å². The van der Waals surface area contributed by atoms with Crippen LogP contribution in [0, 0.1) is 11.7 Å². The molecule has 0 N–H and O–H groups in total. The Morgan fingerprint density at radius 1 is 1.37 bits per heavy atom. The monoisotopic (exact) mass is 332 g/mol. The third-order valence-electron chi connectivity index (χ3n) is 3.48. The van der Waals surface area contributed by atoms with E-state index in [4.69, 9.17) is 9.47 Å². The van der Waals surface area contributed by atoms with Crippen molar-refractivity contribution in [1.82, 2.24) is 4.98 Å². The van der Waals surface area contributed by atoms with Crippen molar-refractivity contribution in [3.05, 3.63) is 22.6 Å². The van der Waals surface area contributed by atoms with E-state index in [1.54, 1.807) is 20.4 Å². The van der Waals surface area contributed by atoms with Crippen molar-refractivity contribution in [2.75, 3.05) is 32.2 Å². The normalized spacial score (nSPS) is 17.2. The number of methoxy groups -OCH3 is 2. The fraction of sp³-hybridized carbons (Fsp3) is 0.615. The highest BCUT2D eigenvalue weighted by Gasteiger charge is 2.28. The Morgan fingerprint density at radius 2 is 2.00 bits per heavy atom. The van der Waals surface area contributed by atoms with E-state index in [0.29, 0.717) is 16.2 Å². The Morgan fingerprint density at radius 3 is 2.53 bits per heavy atom. The molecule has 2 heterocycles. The molecule has 0 saturated carbocycles. The molecule has 1 aromatic heterocycles. The molecule has 1 fully saturated rings. The van der Waals surface area contributed by atoms with Crippen LogP contribution < -0.4 is 4.90 Å². The van der Waals surface area contributed by atoms with E-state index >= 15 is 0 Å². The Labute approximate surface area is 121 Å². The predicted molar refractivity (Wildman–Crippen MR) is 74.6 cm³/mol. The number of rotatable bonds is 4. The van der Waals surface area contributed by atoms with Gasteiger partial charge in [0.25, 0.3) is 0 Å². The predicted octanol–water partition coefficient (Wildman–Crippen LogP) is 2.82. The molecule has 1 saturated heterocycles. The number of hydrogen-bond donors (Lipinski definition) is 0. The van der Waals surface area contributed by atoms with Gasteiger partial charge in [0.2, 0.25) is 0 Å². The largest absolute Gasteiger partial charge is 0.356 e. The van der Waals surface area contributed by atoms with Crippen LogP contribution >= 0.6 is 15.9 Å². The van der Waals surface area contributed by atoms with Gasteiger partial charge in [-0.2, -0.15) is 0 Å². The molecule has 0 aromatic carbocycles. The van der Waals surface area contributed by atoms with Crippen molar-refractivity contribution in [3.8, 4) is 0 Å². The Hall–Kier alpha value is -0.720. The molecule has 0 unspecified atom stereocenters. The van der Waals surface area contributed by atoms with Crippen molar-refractivity contribution in [2.24, 2.45) is 5.92 Å². The molecule has 1 aromatic rings. The van der Waals surface area contributed by atoms with Crippen LogP contribution in [0.3, 0.4) is 0 Å². The Kier molecular flexibility index (Phi) is 5.13. The fourth-order valence-electron chi connectivity index (χ4n) is 2.50. The lowest BCUT2D eigenvalue weighted by molar-refractivity contribution is -0.141. The van der Waals surface area contributed by atoms with Gasteiger partial charge < -0.3 is 14.4 Å². The van der Waals surface area contributed by atoms with Crippen molar-refractivity contribution >= 4 is 21.7 Å². The van der Waals surface area contributed by atoms with Crippen molar-refractivity contribution < 1.29 is 13.9 Å². The second kappa shape index (κ2) is 6.63. The zero-order valence-electron chi connectivity index (χ0n) is 11.1. The minimum Gasteiger partial charge on any atom is -0.356 e. The lowest BCUT2D eigenvalue weighted by atomic mass is 9.96. The Balaban J connectivity index is 1.99. The SMILES string of the molecule is COC(OC)C1CCN(c2ncc(Br)cc2F)CC1. The molecule has 1 aliphatic rings. The van der Waals surface area contributed by atoms with Gasteiger partial charge in [-0.15, -0.1) is 0 Å². The van der Waals surface area contributed by atoms with E-state index in [1.807, 2.05) is 4.90 Å². The van der Waals surface area contributed by atoms with Crippen LogP contribution in [-0.4, -0.2) is 38.6 Å². The highest BCUT2D eigenvalue weighted by atomic mass is 79.9. The topological polar surface area (TPSA) is 34.6 Å². The van der Waals surface area contributed by atoms with E-state index in [0.717, 1.165) is 25.9 Å². The van der Waals surface area contributed by atoms with Crippen molar-refractivity contribution in [1.29, 1.82) is 0 Å². The highest BCUT2D eigenvalue weighted by Crippen LogP contribution is 2.27. The highest BCUT2D eigenvalue weighted by molar-refractivity contribution is 9.10. The quantitative estimate of drug-likeness (QED) is 0.794. The molecular formula is C13H18BrFN2O2. The lowest BCUT2D eigenvalue weighted by Crippen LogP contribution is -2.39. The third kappa shape index (κ3) is 3.43. The van der Waals surface area contributed by atoms with Crippen LogP contribution in [0.5, 0.6) is 0 Å². The second-order valence-corrected chi connectivity index (χ2v) is 5.54. The summed E-state index contributed by atoms with van der Waals surface area (Å²) in [6.45, 7) is 1.53. The molecule has 6 heteroatoms. The summed E-state index contributed by atoms with van der Waals surface area (Å²) < 4.78 is 25.1. The Bertz CT molecular complexity index is 421. The van der Waals surface area contributed by atoms with Crippen LogP contribution in [-0.2, 0) is 9.47 Å². The molecule has 0 aliphatic carbocycles. The number of ether oxygens (including phenoxy) is 2. The van der Waals surface area contributed by atoms with Crippen LogP contribution in [0.25, 0.3) is 0 Å². The van der Waals surface area contributed by atoms with Gasteiger partial charge in [0.05, 0.1) is 0 Å². The van der Waals surface area contributed by atoms with Gasteiger partial charge in [0.1, 0.15) is 0 Å². The van der Waals surface area contributed by atoms with Crippen LogP contribution in [0.15, 0.2) is 16.7 Å². The molecule has 0 spiro atoms. The number of anilines is 1. The zero-order valence-corrected chi connectivity index (χ0v) is 12.7. The fourth-order valence-corrected chi connectivity index (χ4v) is 2.81. The molecule has 0 amide bonds. The van der Waals surface area contributed by atoms with E-state index in [-0.39, 0.29) is 12.1 Å². The van der Waals surface area contributed by atoms with E-state index < -0.39 is 0 Å². The first kappa shape index (κ1) is 14.7. The third-order valence-corrected chi connectivity index (χ3v) is 3.91. The van der Waals surface area contributed by atoms with E-state index in [1.165, 1.54) is 6.07 Å². The lowest BCUT2D eigenvalue weighted by Gasteiger charge is -2.35. The molecule has 0 atom stereocenters. The summed E-state index contributed by atoms with van der Waals surface area (Å²) in [5, 5.41) is 0. The van der Waals surface area contributed by atoms with Gasteiger partial charge in [-0.05, 0) is 34.8 Å². The summed E-state index contributed by atoms with van der Waals surface area (Å²) >= 11 is 3.21. The van der Waals surface area contributed by atoms with E-state index in [9.17, 15) is 4.39 Å². The first-order valence-corrected chi connectivity index (χ1v) is 7.06. The summed E-state index contributed by atoms with van der Waals surface area (Å²) in [5.74, 6) is 0.487. The standard InChI is InChI=1S/C13H18BrFN2O2/c1-18-13(19-2)9-3-5-17(6-4-9)12-11(15)7-10(14)8-16-12/h7-9,13H,3-6H2,1-2H3. The smallest absolute Gasteiger partial charge is 0.166 e. The zero-order chi connectivity index (χ0) is 13.8. The van der Waals surface area contributed by atoms with Crippen LogP contribution in [0.2, 0.25) is 0 Å². The number of halogens is 2. The summed E-state index contributed by atoms with van der Waals surface area (Å²) in [6.07, 6.45) is 3.26. The molecular weight excluding hydrogens is 315 g/mol. The molecule has 19 heavy (non-hydrogen) atoms. The summed E-state index contributed by atoms with van der Waals surface area (Å²) in [6, 6.07) is 1.45. The average Bonchev–Trinajstić information content (AvgIpc) is 2.41.